The largest absolute Gasteiger partial charge is 0.481 e. The summed E-state index contributed by atoms with van der Waals surface area (Å²) in [5, 5.41) is 9.02. The maximum Gasteiger partial charge on any atom is 0.307 e. The zero-order chi connectivity index (χ0) is 17.0. The molecule has 0 saturated heterocycles. The van der Waals surface area contributed by atoms with Crippen LogP contribution in [0.1, 0.15) is 23.5 Å². The van der Waals surface area contributed by atoms with Crippen molar-refractivity contribution in [2.75, 3.05) is 0 Å². The smallest absolute Gasteiger partial charge is 0.307 e. The summed E-state index contributed by atoms with van der Waals surface area (Å²) >= 11 is 0. The summed E-state index contributed by atoms with van der Waals surface area (Å²) < 4.78 is 16.5. The molecule has 1 saturated carbocycles. The van der Waals surface area contributed by atoms with Crippen LogP contribution >= 0.6 is 0 Å². The van der Waals surface area contributed by atoms with Crippen molar-refractivity contribution in [2.45, 2.75) is 19.3 Å². The molecule has 1 aliphatic carbocycles. The predicted octanol–water partition coefficient (Wildman–Crippen LogP) is 3.27. The molecule has 2 heterocycles. The van der Waals surface area contributed by atoms with Gasteiger partial charge in [-0.15, -0.1) is 0 Å². The summed E-state index contributed by atoms with van der Waals surface area (Å²) in [6, 6.07) is 6.80. The van der Waals surface area contributed by atoms with E-state index in [4.69, 9.17) is 5.11 Å². The molecule has 2 atom stereocenters. The first-order chi connectivity index (χ1) is 11.5. The summed E-state index contributed by atoms with van der Waals surface area (Å²) in [7, 11) is 1.84. The highest BCUT2D eigenvalue weighted by Crippen LogP contribution is 2.48. The van der Waals surface area contributed by atoms with Crippen molar-refractivity contribution in [2.24, 2.45) is 13.0 Å². The van der Waals surface area contributed by atoms with Crippen molar-refractivity contribution < 1.29 is 14.3 Å². The van der Waals surface area contributed by atoms with Crippen LogP contribution in [0, 0.1) is 18.7 Å². The Morgan fingerprint density at radius 3 is 2.79 bits per heavy atom. The van der Waals surface area contributed by atoms with Crippen LogP contribution in [-0.2, 0) is 11.8 Å². The monoisotopic (exact) mass is 325 g/mol. The Hall–Kier alpha value is -2.76. The van der Waals surface area contributed by atoms with Gasteiger partial charge in [0.2, 0.25) is 0 Å². The highest BCUT2D eigenvalue weighted by molar-refractivity contribution is 5.80. The van der Waals surface area contributed by atoms with Crippen molar-refractivity contribution in [1.29, 1.82) is 0 Å². The molecule has 122 valence electrons. The molecule has 3 aromatic rings. The van der Waals surface area contributed by atoms with Crippen LogP contribution in [-0.4, -0.2) is 25.6 Å². The van der Waals surface area contributed by atoms with Crippen LogP contribution in [0.4, 0.5) is 4.39 Å². The minimum absolute atomic E-state index is 0.0876. The number of rotatable bonds is 3. The lowest BCUT2D eigenvalue weighted by atomic mass is 10.1. The summed E-state index contributed by atoms with van der Waals surface area (Å²) in [5.74, 6) is -1.17. The van der Waals surface area contributed by atoms with Crippen molar-refractivity contribution in [3.8, 4) is 11.4 Å². The summed E-state index contributed by atoms with van der Waals surface area (Å²) in [5.41, 5.74) is 3.62. The highest BCUT2D eigenvalue weighted by atomic mass is 19.1. The average molecular weight is 325 g/mol. The van der Waals surface area contributed by atoms with Gasteiger partial charge in [-0.3, -0.25) is 4.79 Å². The molecular formula is C18H16FN3O2. The lowest BCUT2D eigenvalue weighted by Crippen LogP contribution is -2.00. The van der Waals surface area contributed by atoms with Crippen molar-refractivity contribution in [3.05, 3.63) is 47.4 Å². The van der Waals surface area contributed by atoms with Gasteiger partial charge in [0, 0.05) is 13.2 Å². The van der Waals surface area contributed by atoms with Crippen LogP contribution < -0.4 is 0 Å². The highest BCUT2D eigenvalue weighted by Gasteiger charge is 2.44. The van der Waals surface area contributed by atoms with Gasteiger partial charge in [-0.1, -0.05) is 6.07 Å². The second-order valence-corrected chi connectivity index (χ2v) is 6.32. The van der Waals surface area contributed by atoms with Crippen LogP contribution in [0.3, 0.4) is 0 Å². The maximum absolute atomic E-state index is 14.6. The van der Waals surface area contributed by atoms with Crippen LogP contribution in [0.5, 0.6) is 0 Å². The molecular weight excluding hydrogens is 309 g/mol. The lowest BCUT2D eigenvalue weighted by molar-refractivity contribution is -0.138. The average Bonchev–Trinajstić information content (AvgIpc) is 3.27. The van der Waals surface area contributed by atoms with E-state index in [1.54, 1.807) is 18.3 Å². The van der Waals surface area contributed by atoms with Crippen LogP contribution in [0.15, 0.2) is 30.5 Å². The number of aromatic nitrogens is 3. The molecule has 6 heteroatoms. The fourth-order valence-electron chi connectivity index (χ4n) is 3.33. The number of aryl methyl sites for hydroxylation is 2. The standard InChI is InChI=1S/C18H16FN3O2/c1-9-5-6-20-16-15(9)22(2)17(21-16)11-4-3-10(7-14(11)19)12-8-13(12)18(23)24/h3-7,12-13H,8H2,1-2H3,(H,23,24)/t12-,13+/m0/s1. The molecule has 24 heavy (non-hydrogen) atoms. The Bertz CT molecular complexity index is 980. The number of hydrogen-bond acceptors (Lipinski definition) is 3. The summed E-state index contributed by atoms with van der Waals surface area (Å²) in [4.78, 5) is 19.7. The van der Waals surface area contributed by atoms with Gasteiger partial charge < -0.3 is 9.67 Å². The number of fused-ring (bicyclic) bond motifs is 1. The van der Waals surface area contributed by atoms with Crippen molar-refractivity contribution in [3.63, 3.8) is 0 Å². The molecule has 0 bridgehead atoms. The molecule has 0 unspecified atom stereocenters. The van der Waals surface area contributed by atoms with E-state index in [1.165, 1.54) is 6.07 Å². The third-order valence-electron chi connectivity index (χ3n) is 4.74. The fraction of sp³-hybridized carbons (Fsp3) is 0.278. The number of halogens is 1. The number of hydrogen-bond donors (Lipinski definition) is 1. The van der Waals surface area contributed by atoms with Crippen molar-refractivity contribution in [1.82, 2.24) is 14.5 Å². The van der Waals surface area contributed by atoms with Gasteiger partial charge in [0.25, 0.3) is 0 Å². The first-order valence-electron chi connectivity index (χ1n) is 7.78. The third kappa shape index (κ3) is 2.18. The van der Waals surface area contributed by atoms with Gasteiger partial charge in [-0.05, 0) is 48.6 Å². The van der Waals surface area contributed by atoms with Crippen LogP contribution in [0.2, 0.25) is 0 Å². The molecule has 0 radical (unpaired) electrons. The van der Waals surface area contributed by atoms with E-state index in [9.17, 15) is 9.18 Å². The Kier molecular flexibility index (Phi) is 3.16. The number of carboxylic acid groups (broad SMARTS) is 1. The Morgan fingerprint density at radius 2 is 2.17 bits per heavy atom. The van der Waals surface area contributed by atoms with Gasteiger partial charge in [-0.2, -0.15) is 0 Å². The van der Waals surface area contributed by atoms with E-state index in [-0.39, 0.29) is 11.7 Å². The molecule has 1 aliphatic rings. The molecule has 1 N–H and O–H groups in total. The minimum atomic E-state index is -0.818. The zero-order valence-corrected chi connectivity index (χ0v) is 13.3. The SMILES string of the molecule is Cc1ccnc2nc(-c3ccc([C@@H]4C[C@H]4C(=O)O)cc3F)n(C)c12. The molecule has 1 aromatic carbocycles. The van der Waals surface area contributed by atoms with Gasteiger partial charge >= 0.3 is 5.97 Å². The van der Waals surface area contributed by atoms with E-state index in [0.717, 1.165) is 16.6 Å². The third-order valence-corrected chi connectivity index (χ3v) is 4.74. The molecule has 0 spiro atoms. The number of pyridine rings is 1. The quantitative estimate of drug-likeness (QED) is 0.802. The molecule has 2 aromatic heterocycles. The first kappa shape index (κ1) is 14.8. The van der Waals surface area contributed by atoms with E-state index in [1.807, 2.05) is 24.6 Å². The number of nitrogens with zero attached hydrogens (tertiary/aromatic N) is 3. The Labute approximate surface area is 137 Å². The van der Waals surface area contributed by atoms with Gasteiger partial charge in [0.1, 0.15) is 11.6 Å². The number of benzene rings is 1. The van der Waals surface area contributed by atoms with Gasteiger partial charge in [-0.25, -0.2) is 14.4 Å². The molecule has 0 amide bonds. The number of carboxylic acids is 1. The maximum atomic E-state index is 14.6. The van der Waals surface area contributed by atoms with E-state index in [0.29, 0.717) is 23.5 Å². The molecule has 0 aliphatic heterocycles. The van der Waals surface area contributed by atoms with E-state index < -0.39 is 11.9 Å². The van der Waals surface area contributed by atoms with Gasteiger partial charge in [0.05, 0.1) is 17.0 Å². The number of aliphatic carboxylic acids is 1. The topological polar surface area (TPSA) is 68.0 Å². The minimum Gasteiger partial charge on any atom is -0.481 e. The summed E-state index contributed by atoms with van der Waals surface area (Å²) in [6.45, 7) is 1.97. The zero-order valence-electron chi connectivity index (χ0n) is 13.3. The molecule has 5 nitrogen and oxygen atoms in total. The molecule has 4 rings (SSSR count). The first-order valence-corrected chi connectivity index (χ1v) is 7.78. The normalized spacial score (nSPS) is 19.6. The van der Waals surface area contributed by atoms with Crippen LogP contribution in [0.25, 0.3) is 22.6 Å². The van der Waals surface area contributed by atoms with Gasteiger partial charge in [0.15, 0.2) is 5.65 Å². The lowest BCUT2D eigenvalue weighted by Gasteiger charge is -2.07. The Morgan fingerprint density at radius 1 is 1.38 bits per heavy atom. The second-order valence-electron chi connectivity index (χ2n) is 6.32. The fourth-order valence-corrected chi connectivity index (χ4v) is 3.33. The van der Waals surface area contributed by atoms with E-state index in [2.05, 4.69) is 9.97 Å². The predicted molar refractivity (Wildman–Crippen MR) is 87.1 cm³/mol. The number of imidazole rings is 1. The number of carbonyl (C=O) groups is 1. The molecule has 1 fully saturated rings. The summed E-state index contributed by atoms with van der Waals surface area (Å²) in [6.07, 6.45) is 2.26. The second kappa shape index (κ2) is 5.12. The van der Waals surface area contributed by atoms with Crippen molar-refractivity contribution >= 4 is 17.1 Å². The Balaban J connectivity index is 1.77. The van der Waals surface area contributed by atoms with E-state index >= 15 is 0 Å².